The van der Waals surface area contributed by atoms with Crippen LogP contribution >= 0.6 is 0 Å². The molecule has 0 heterocycles. The summed E-state index contributed by atoms with van der Waals surface area (Å²) in [4.78, 5) is 14.1. The molecule has 2 aromatic rings. The molecule has 0 saturated carbocycles. The molecule has 0 radical (unpaired) electrons. The molecule has 0 saturated heterocycles. The average molecular weight is 375 g/mol. The number of carbonyl (C=O) groups excluding carboxylic acids is 1. The third-order valence-electron chi connectivity index (χ3n) is 4.40. The quantitative estimate of drug-likeness (QED) is 0.746. The Labute approximate surface area is 156 Å². The molecule has 0 spiro atoms. The van der Waals surface area contributed by atoms with Gasteiger partial charge in [0.2, 0.25) is 15.9 Å². The minimum atomic E-state index is -3.50. The number of para-hydroxylation sites is 2. The standard InChI is InChI=1S/C20H26N2O3S/c1-5-17-11-9-10-16(2)20(17)22(26(4,24)25)15-14-19(23)21(3)18-12-7-6-8-13-18/h6-13H,5,14-15H2,1-4H3. The molecule has 2 aromatic carbocycles. The van der Waals surface area contributed by atoms with Crippen LogP contribution in [0.15, 0.2) is 48.5 Å². The third-order valence-corrected chi connectivity index (χ3v) is 5.56. The number of amides is 1. The number of hydrogen-bond donors (Lipinski definition) is 0. The van der Waals surface area contributed by atoms with Crippen LogP contribution in [-0.4, -0.2) is 34.2 Å². The van der Waals surface area contributed by atoms with Gasteiger partial charge in [-0.25, -0.2) is 8.42 Å². The van der Waals surface area contributed by atoms with Gasteiger partial charge in [-0.05, 0) is 36.6 Å². The molecule has 6 heteroatoms. The maximum absolute atomic E-state index is 12.6. The van der Waals surface area contributed by atoms with Gasteiger partial charge in [-0.2, -0.15) is 0 Å². The van der Waals surface area contributed by atoms with Gasteiger partial charge in [0.15, 0.2) is 0 Å². The van der Waals surface area contributed by atoms with Crippen molar-refractivity contribution in [3.8, 4) is 0 Å². The number of carbonyl (C=O) groups is 1. The second kappa shape index (κ2) is 8.36. The normalized spacial score (nSPS) is 11.2. The molecule has 140 valence electrons. The van der Waals surface area contributed by atoms with Gasteiger partial charge in [0, 0.05) is 25.7 Å². The van der Waals surface area contributed by atoms with Crippen molar-refractivity contribution in [1.82, 2.24) is 0 Å². The molecule has 0 fully saturated rings. The van der Waals surface area contributed by atoms with Crippen LogP contribution in [0.3, 0.4) is 0 Å². The highest BCUT2D eigenvalue weighted by Gasteiger charge is 2.23. The van der Waals surface area contributed by atoms with Crippen molar-refractivity contribution in [2.75, 3.05) is 29.1 Å². The molecule has 2 rings (SSSR count). The van der Waals surface area contributed by atoms with E-state index < -0.39 is 10.0 Å². The molecular formula is C20H26N2O3S. The summed E-state index contributed by atoms with van der Waals surface area (Å²) < 4.78 is 26.2. The smallest absolute Gasteiger partial charge is 0.232 e. The minimum Gasteiger partial charge on any atom is -0.315 e. The first-order chi connectivity index (χ1) is 12.3. The van der Waals surface area contributed by atoms with Gasteiger partial charge in [-0.3, -0.25) is 9.10 Å². The van der Waals surface area contributed by atoms with Gasteiger partial charge in [-0.1, -0.05) is 43.3 Å². The zero-order chi connectivity index (χ0) is 19.3. The molecule has 0 N–H and O–H groups in total. The summed E-state index contributed by atoms with van der Waals surface area (Å²) in [5.74, 6) is -0.128. The van der Waals surface area contributed by atoms with Gasteiger partial charge in [-0.15, -0.1) is 0 Å². The Hall–Kier alpha value is -2.34. The fourth-order valence-corrected chi connectivity index (χ4v) is 3.98. The highest BCUT2D eigenvalue weighted by molar-refractivity contribution is 7.92. The van der Waals surface area contributed by atoms with E-state index in [1.54, 1.807) is 11.9 Å². The summed E-state index contributed by atoms with van der Waals surface area (Å²) in [6.45, 7) is 4.00. The Morgan fingerprint density at radius 2 is 1.69 bits per heavy atom. The number of aryl methyl sites for hydroxylation is 2. The van der Waals surface area contributed by atoms with Crippen LogP contribution in [0.1, 0.15) is 24.5 Å². The van der Waals surface area contributed by atoms with E-state index in [0.29, 0.717) is 5.69 Å². The van der Waals surface area contributed by atoms with Crippen molar-refractivity contribution in [1.29, 1.82) is 0 Å². The van der Waals surface area contributed by atoms with Crippen LogP contribution in [0.4, 0.5) is 11.4 Å². The van der Waals surface area contributed by atoms with Crippen molar-refractivity contribution < 1.29 is 13.2 Å². The van der Waals surface area contributed by atoms with Crippen LogP contribution < -0.4 is 9.21 Å². The number of nitrogens with zero attached hydrogens (tertiary/aromatic N) is 2. The first-order valence-electron chi connectivity index (χ1n) is 8.63. The second-order valence-electron chi connectivity index (χ2n) is 6.31. The summed E-state index contributed by atoms with van der Waals surface area (Å²) in [7, 11) is -1.79. The van der Waals surface area contributed by atoms with E-state index in [2.05, 4.69) is 0 Å². The fraction of sp³-hybridized carbons (Fsp3) is 0.350. The zero-order valence-corrected chi connectivity index (χ0v) is 16.6. The number of hydrogen-bond acceptors (Lipinski definition) is 3. The third kappa shape index (κ3) is 4.64. The van der Waals surface area contributed by atoms with Crippen LogP contribution in [0.25, 0.3) is 0 Å². The first-order valence-corrected chi connectivity index (χ1v) is 10.5. The molecule has 5 nitrogen and oxygen atoms in total. The Balaban J connectivity index is 2.25. The van der Waals surface area contributed by atoms with E-state index in [4.69, 9.17) is 0 Å². The number of anilines is 2. The predicted octanol–water partition coefficient (Wildman–Crippen LogP) is 3.38. The summed E-state index contributed by atoms with van der Waals surface area (Å²) in [6, 6.07) is 15.1. The maximum Gasteiger partial charge on any atom is 0.232 e. The second-order valence-corrected chi connectivity index (χ2v) is 8.22. The SMILES string of the molecule is CCc1cccc(C)c1N(CCC(=O)N(C)c1ccccc1)S(C)(=O)=O. The molecule has 0 aliphatic heterocycles. The maximum atomic E-state index is 12.6. The zero-order valence-electron chi connectivity index (χ0n) is 15.8. The monoisotopic (exact) mass is 374 g/mol. The Morgan fingerprint density at radius 3 is 2.27 bits per heavy atom. The minimum absolute atomic E-state index is 0.107. The molecule has 0 bridgehead atoms. The van der Waals surface area contributed by atoms with Crippen molar-refractivity contribution >= 4 is 27.3 Å². The lowest BCUT2D eigenvalue weighted by Gasteiger charge is -2.27. The van der Waals surface area contributed by atoms with E-state index in [1.807, 2.05) is 62.4 Å². The van der Waals surface area contributed by atoms with Crippen LogP contribution in [-0.2, 0) is 21.2 Å². The fourth-order valence-electron chi connectivity index (χ4n) is 2.97. The Morgan fingerprint density at radius 1 is 1.04 bits per heavy atom. The predicted molar refractivity (Wildman–Crippen MR) is 107 cm³/mol. The highest BCUT2D eigenvalue weighted by atomic mass is 32.2. The van der Waals surface area contributed by atoms with E-state index >= 15 is 0 Å². The first kappa shape index (κ1) is 20.0. The number of benzene rings is 2. The molecule has 0 unspecified atom stereocenters. The van der Waals surface area contributed by atoms with Crippen LogP contribution in [0.2, 0.25) is 0 Å². The van der Waals surface area contributed by atoms with Crippen molar-refractivity contribution in [2.24, 2.45) is 0 Å². The summed E-state index contributed by atoms with van der Waals surface area (Å²) >= 11 is 0. The molecule has 0 aliphatic rings. The highest BCUT2D eigenvalue weighted by Crippen LogP contribution is 2.28. The van der Waals surface area contributed by atoms with Crippen LogP contribution in [0.5, 0.6) is 0 Å². The summed E-state index contributed by atoms with van der Waals surface area (Å²) in [5, 5.41) is 0. The van der Waals surface area contributed by atoms with Crippen molar-refractivity contribution in [3.05, 3.63) is 59.7 Å². The lowest BCUT2D eigenvalue weighted by molar-refractivity contribution is -0.118. The topological polar surface area (TPSA) is 57.7 Å². The Bertz CT molecular complexity index is 864. The Kier molecular flexibility index (Phi) is 6.42. The van der Waals surface area contributed by atoms with Gasteiger partial charge in [0.05, 0.1) is 11.9 Å². The van der Waals surface area contributed by atoms with E-state index in [0.717, 1.165) is 23.2 Å². The van der Waals surface area contributed by atoms with E-state index in [9.17, 15) is 13.2 Å². The van der Waals surface area contributed by atoms with Crippen molar-refractivity contribution in [2.45, 2.75) is 26.7 Å². The summed E-state index contributed by atoms with van der Waals surface area (Å²) in [5.41, 5.74) is 3.32. The molecule has 1 amide bonds. The lowest BCUT2D eigenvalue weighted by atomic mass is 10.1. The lowest BCUT2D eigenvalue weighted by Crippen LogP contribution is -2.36. The largest absolute Gasteiger partial charge is 0.315 e. The summed E-state index contributed by atoms with van der Waals surface area (Å²) in [6.07, 6.45) is 2.01. The molecule has 0 aromatic heterocycles. The molecular weight excluding hydrogens is 348 g/mol. The van der Waals surface area contributed by atoms with Crippen LogP contribution in [0, 0.1) is 6.92 Å². The molecule has 0 aliphatic carbocycles. The van der Waals surface area contributed by atoms with Gasteiger partial charge < -0.3 is 4.90 Å². The van der Waals surface area contributed by atoms with Gasteiger partial charge in [0.25, 0.3) is 0 Å². The van der Waals surface area contributed by atoms with Crippen molar-refractivity contribution in [3.63, 3.8) is 0 Å². The van der Waals surface area contributed by atoms with E-state index in [1.165, 1.54) is 10.6 Å². The van der Waals surface area contributed by atoms with Gasteiger partial charge in [0.1, 0.15) is 0 Å². The molecule has 26 heavy (non-hydrogen) atoms. The molecule has 0 atom stereocenters. The van der Waals surface area contributed by atoms with E-state index in [-0.39, 0.29) is 18.9 Å². The van der Waals surface area contributed by atoms with Gasteiger partial charge >= 0.3 is 0 Å². The number of sulfonamides is 1. The number of rotatable bonds is 7. The average Bonchev–Trinajstić information content (AvgIpc) is 2.61.